The quantitative estimate of drug-likeness (QED) is 0.635. The number of urea groups is 1. The average Bonchev–Trinajstić information content (AvgIpc) is 2.58. The van der Waals surface area contributed by atoms with Gasteiger partial charge in [0.15, 0.2) is 6.10 Å². The van der Waals surface area contributed by atoms with Crippen molar-refractivity contribution in [2.75, 3.05) is 7.05 Å². The number of esters is 1. The SMILES string of the molecule is CNC(=O)NC(=O)[C@H](C)OC(=O)[C@@H](NC(=O)c1c(F)cccc1F)C(C)C. The van der Waals surface area contributed by atoms with Gasteiger partial charge >= 0.3 is 12.0 Å². The van der Waals surface area contributed by atoms with Gasteiger partial charge in [0.25, 0.3) is 11.8 Å². The largest absolute Gasteiger partial charge is 0.451 e. The molecule has 27 heavy (non-hydrogen) atoms. The van der Waals surface area contributed by atoms with Crippen molar-refractivity contribution >= 4 is 23.8 Å². The molecule has 0 heterocycles. The van der Waals surface area contributed by atoms with Crippen molar-refractivity contribution in [3.63, 3.8) is 0 Å². The van der Waals surface area contributed by atoms with Crippen LogP contribution in [0.25, 0.3) is 0 Å². The molecule has 0 saturated heterocycles. The van der Waals surface area contributed by atoms with Gasteiger partial charge in [-0.1, -0.05) is 19.9 Å². The van der Waals surface area contributed by atoms with Gasteiger partial charge < -0.3 is 15.4 Å². The van der Waals surface area contributed by atoms with E-state index in [0.717, 1.165) is 18.2 Å². The maximum atomic E-state index is 13.7. The van der Waals surface area contributed by atoms with E-state index in [9.17, 15) is 28.0 Å². The second kappa shape index (κ2) is 9.60. The van der Waals surface area contributed by atoms with Crippen molar-refractivity contribution < 1.29 is 32.7 Å². The number of nitrogens with one attached hydrogen (secondary N) is 3. The van der Waals surface area contributed by atoms with Crippen molar-refractivity contribution in [2.24, 2.45) is 5.92 Å². The Labute approximate surface area is 154 Å². The van der Waals surface area contributed by atoms with Crippen LogP contribution in [0.3, 0.4) is 0 Å². The van der Waals surface area contributed by atoms with Gasteiger partial charge in [-0.15, -0.1) is 0 Å². The number of amides is 4. The Balaban J connectivity index is 2.86. The predicted molar refractivity (Wildman–Crippen MR) is 90.6 cm³/mol. The van der Waals surface area contributed by atoms with Crippen molar-refractivity contribution in [3.8, 4) is 0 Å². The summed E-state index contributed by atoms with van der Waals surface area (Å²) in [5.41, 5.74) is -0.832. The molecule has 0 unspecified atom stereocenters. The lowest BCUT2D eigenvalue weighted by Crippen LogP contribution is -2.49. The van der Waals surface area contributed by atoms with Crippen molar-refractivity contribution in [3.05, 3.63) is 35.4 Å². The maximum Gasteiger partial charge on any atom is 0.329 e. The fourth-order valence-corrected chi connectivity index (χ4v) is 2.00. The number of carbonyl (C=O) groups is 4. The number of imide groups is 1. The number of hydrogen-bond donors (Lipinski definition) is 3. The van der Waals surface area contributed by atoms with E-state index >= 15 is 0 Å². The molecule has 148 valence electrons. The van der Waals surface area contributed by atoms with Crippen LogP contribution in [0.1, 0.15) is 31.1 Å². The first-order valence-electron chi connectivity index (χ1n) is 8.06. The van der Waals surface area contributed by atoms with Gasteiger partial charge in [-0.05, 0) is 25.0 Å². The highest BCUT2D eigenvalue weighted by molar-refractivity contribution is 5.99. The Morgan fingerprint density at radius 3 is 2.07 bits per heavy atom. The molecule has 0 saturated carbocycles. The Kier molecular flexibility index (Phi) is 7.82. The Bertz CT molecular complexity index is 719. The summed E-state index contributed by atoms with van der Waals surface area (Å²) in [6.07, 6.45) is -1.34. The van der Waals surface area contributed by atoms with E-state index in [0.29, 0.717) is 0 Å². The summed E-state index contributed by atoms with van der Waals surface area (Å²) >= 11 is 0. The molecule has 0 radical (unpaired) electrons. The van der Waals surface area contributed by atoms with Gasteiger partial charge in [0.05, 0.1) is 0 Å². The third-order valence-corrected chi connectivity index (χ3v) is 3.52. The molecule has 1 aromatic carbocycles. The molecule has 0 aromatic heterocycles. The molecule has 0 aliphatic heterocycles. The topological polar surface area (TPSA) is 114 Å². The summed E-state index contributed by atoms with van der Waals surface area (Å²) < 4.78 is 32.4. The standard InChI is InChI=1S/C17H21F2N3O5/c1-8(2)13(16(25)27-9(3)14(23)22-17(26)20-4)21-15(24)12-10(18)6-5-7-11(12)19/h5-9,13H,1-4H3,(H,21,24)(H2,20,22,23,26)/t9-,13-/m0/s1. The zero-order valence-corrected chi connectivity index (χ0v) is 15.3. The summed E-state index contributed by atoms with van der Waals surface area (Å²) in [6, 6.07) is 0.860. The number of rotatable bonds is 6. The van der Waals surface area contributed by atoms with Crippen LogP contribution in [0.4, 0.5) is 13.6 Å². The van der Waals surface area contributed by atoms with Crippen LogP contribution in [0, 0.1) is 17.6 Å². The molecule has 3 N–H and O–H groups in total. The van der Waals surface area contributed by atoms with Crippen LogP contribution in [-0.2, 0) is 14.3 Å². The molecule has 8 nitrogen and oxygen atoms in total. The van der Waals surface area contributed by atoms with Crippen molar-refractivity contribution in [1.82, 2.24) is 16.0 Å². The second-order valence-corrected chi connectivity index (χ2v) is 5.94. The van der Waals surface area contributed by atoms with E-state index in [4.69, 9.17) is 4.74 Å². The first kappa shape index (κ1) is 22.0. The molecule has 1 rings (SSSR count). The van der Waals surface area contributed by atoms with E-state index in [1.165, 1.54) is 14.0 Å². The Morgan fingerprint density at radius 1 is 1.04 bits per heavy atom. The number of halogens is 2. The molecular weight excluding hydrogens is 364 g/mol. The summed E-state index contributed by atoms with van der Waals surface area (Å²) in [7, 11) is 1.30. The minimum Gasteiger partial charge on any atom is -0.451 e. The monoisotopic (exact) mass is 385 g/mol. The third kappa shape index (κ3) is 6.01. The fourth-order valence-electron chi connectivity index (χ4n) is 2.00. The number of ether oxygens (including phenoxy) is 1. The number of hydrogen-bond acceptors (Lipinski definition) is 5. The minimum atomic E-state index is -1.34. The van der Waals surface area contributed by atoms with Gasteiger partial charge in [0, 0.05) is 7.05 Å². The van der Waals surface area contributed by atoms with Crippen LogP contribution in [0.5, 0.6) is 0 Å². The first-order chi connectivity index (χ1) is 12.6. The van der Waals surface area contributed by atoms with Gasteiger partial charge in [-0.2, -0.15) is 0 Å². The lowest BCUT2D eigenvalue weighted by molar-refractivity contribution is -0.157. The highest BCUT2D eigenvalue weighted by atomic mass is 19.1. The first-order valence-corrected chi connectivity index (χ1v) is 8.06. The smallest absolute Gasteiger partial charge is 0.329 e. The van der Waals surface area contributed by atoms with Crippen LogP contribution < -0.4 is 16.0 Å². The van der Waals surface area contributed by atoms with Gasteiger partial charge in [-0.3, -0.25) is 14.9 Å². The van der Waals surface area contributed by atoms with Crippen LogP contribution in [0.2, 0.25) is 0 Å². The lowest BCUT2D eigenvalue weighted by atomic mass is 10.0. The molecule has 10 heteroatoms. The summed E-state index contributed by atoms with van der Waals surface area (Å²) in [5, 5.41) is 6.30. The average molecular weight is 385 g/mol. The van der Waals surface area contributed by atoms with E-state index in [-0.39, 0.29) is 0 Å². The molecule has 0 fully saturated rings. The molecule has 0 aliphatic carbocycles. The van der Waals surface area contributed by atoms with Crippen molar-refractivity contribution in [2.45, 2.75) is 32.9 Å². The maximum absolute atomic E-state index is 13.7. The highest BCUT2D eigenvalue weighted by Gasteiger charge is 2.31. The Morgan fingerprint density at radius 2 is 1.59 bits per heavy atom. The minimum absolute atomic E-state index is 0.509. The molecule has 1 aromatic rings. The van der Waals surface area contributed by atoms with Gasteiger partial charge in [-0.25, -0.2) is 18.4 Å². The normalized spacial score (nSPS) is 12.7. The molecule has 4 amide bonds. The van der Waals surface area contributed by atoms with Crippen LogP contribution >= 0.6 is 0 Å². The zero-order chi connectivity index (χ0) is 20.7. The van der Waals surface area contributed by atoms with Crippen molar-refractivity contribution in [1.29, 1.82) is 0 Å². The van der Waals surface area contributed by atoms with Crippen LogP contribution in [-0.4, -0.2) is 43.0 Å². The molecular formula is C17H21F2N3O5. The molecule has 0 bridgehead atoms. The predicted octanol–water partition coefficient (Wildman–Crippen LogP) is 1.11. The molecule has 0 spiro atoms. The number of benzene rings is 1. The van der Waals surface area contributed by atoms with Gasteiger partial charge in [0.2, 0.25) is 0 Å². The highest BCUT2D eigenvalue weighted by Crippen LogP contribution is 2.14. The van der Waals surface area contributed by atoms with Crippen LogP contribution in [0.15, 0.2) is 18.2 Å². The summed E-state index contributed by atoms with van der Waals surface area (Å²) in [4.78, 5) is 47.3. The summed E-state index contributed by atoms with van der Waals surface area (Å²) in [6.45, 7) is 4.37. The van der Waals surface area contributed by atoms with E-state index < -0.39 is 59.1 Å². The lowest BCUT2D eigenvalue weighted by Gasteiger charge is -2.23. The Hall–Kier alpha value is -3.04. The zero-order valence-electron chi connectivity index (χ0n) is 15.3. The molecule has 0 aliphatic rings. The van der Waals surface area contributed by atoms with E-state index in [1.807, 2.05) is 5.32 Å². The molecule has 2 atom stereocenters. The summed E-state index contributed by atoms with van der Waals surface area (Å²) in [5.74, 6) is -5.68. The second-order valence-electron chi connectivity index (χ2n) is 5.94. The van der Waals surface area contributed by atoms with E-state index in [2.05, 4.69) is 10.6 Å². The third-order valence-electron chi connectivity index (χ3n) is 3.52. The number of carbonyl (C=O) groups excluding carboxylic acids is 4. The fraction of sp³-hybridized carbons (Fsp3) is 0.412. The van der Waals surface area contributed by atoms with Gasteiger partial charge in [0.1, 0.15) is 23.2 Å². The van der Waals surface area contributed by atoms with E-state index in [1.54, 1.807) is 13.8 Å².